The maximum absolute atomic E-state index is 12.1. The summed E-state index contributed by atoms with van der Waals surface area (Å²) in [6, 6.07) is 6.02. The Hall–Kier alpha value is -1.64. The zero-order valence-electron chi connectivity index (χ0n) is 12.2. The van der Waals surface area contributed by atoms with Gasteiger partial charge >= 0.3 is 0 Å². The minimum atomic E-state index is -0.0295. The molecule has 0 unspecified atom stereocenters. The van der Waals surface area contributed by atoms with Gasteiger partial charge in [-0.3, -0.25) is 9.59 Å². The summed E-state index contributed by atoms with van der Waals surface area (Å²) in [5.74, 6) is 0.0446. The minimum absolute atomic E-state index is 0.0295. The van der Waals surface area contributed by atoms with E-state index in [1.807, 2.05) is 19.1 Å². The summed E-state index contributed by atoms with van der Waals surface area (Å²) in [6.45, 7) is 2.70. The van der Waals surface area contributed by atoms with Crippen LogP contribution in [0.2, 0.25) is 0 Å². The zero-order chi connectivity index (χ0) is 14.4. The molecule has 1 aromatic carbocycles. The van der Waals surface area contributed by atoms with Crippen molar-refractivity contribution < 1.29 is 9.59 Å². The highest BCUT2D eigenvalue weighted by Crippen LogP contribution is 2.22. The molecule has 1 aliphatic carbocycles. The van der Waals surface area contributed by atoms with Crippen molar-refractivity contribution >= 4 is 11.7 Å². The number of rotatable bonds is 6. The summed E-state index contributed by atoms with van der Waals surface area (Å²) in [5.41, 5.74) is 3.46. The van der Waals surface area contributed by atoms with Crippen molar-refractivity contribution in [2.24, 2.45) is 0 Å². The van der Waals surface area contributed by atoms with E-state index in [9.17, 15) is 9.59 Å². The number of nitrogens with one attached hydrogen (secondary N) is 1. The van der Waals surface area contributed by atoms with Crippen molar-refractivity contribution in [2.45, 2.75) is 51.9 Å². The molecule has 20 heavy (non-hydrogen) atoms. The van der Waals surface area contributed by atoms with Gasteiger partial charge in [-0.2, -0.15) is 0 Å². The van der Waals surface area contributed by atoms with Crippen LogP contribution in [-0.2, 0) is 17.6 Å². The van der Waals surface area contributed by atoms with Crippen LogP contribution in [0.4, 0.5) is 0 Å². The summed E-state index contributed by atoms with van der Waals surface area (Å²) >= 11 is 0. The first-order valence-corrected chi connectivity index (χ1v) is 7.62. The predicted molar refractivity (Wildman–Crippen MR) is 79.9 cm³/mol. The smallest absolute Gasteiger partial charge is 0.220 e. The molecule has 2 rings (SSSR count). The Kier molecular flexibility index (Phi) is 5.33. The Morgan fingerprint density at radius 1 is 1.10 bits per heavy atom. The Morgan fingerprint density at radius 3 is 2.60 bits per heavy atom. The highest BCUT2D eigenvalue weighted by molar-refractivity contribution is 5.98. The highest BCUT2D eigenvalue weighted by atomic mass is 16.2. The van der Waals surface area contributed by atoms with E-state index in [0.717, 1.165) is 24.8 Å². The highest BCUT2D eigenvalue weighted by Gasteiger charge is 2.13. The van der Waals surface area contributed by atoms with Crippen molar-refractivity contribution in [1.82, 2.24) is 5.32 Å². The van der Waals surface area contributed by atoms with Gasteiger partial charge in [-0.1, -0.05) is 19.1 Å². The number of fused-ring (bicyclic) bond motifs is 1. The molecule has 3 nitrogen and oxygen atoms in total. The fraction of sp³-hybridized carbons (Fsp3) is 0.529. The van der Waals surface area contributed by atoms with E-state index in [4.69, 9.17) is 0 Å². The van der Waals surface area contributed by atoms with Crippen LogP contribution in [0, 0.1) is 0 Å². The maximum Gasteiger partial charge on any atom is 0.220 e. The van der Waals surface area contributed by atoms with E-state index in [1.54, 1.807) is 0 Å². The standard InChI is InChI=1S/C17H23NO2/c1-2-11-18-17(20)10-9-16(19)15-8-7-13-5-3-4-6-14(13)12-15/h7-8,12H,2-6,9-11H2,1H3,(H,18,20). The van der Waals surface area contributed by atoms with Gasteiger partial charge in [-0.25, -0.2) is 0 Å². The normalized spacial score (nSPS) is 13.7. The Labute approximate surface area is 120 Å². The molecule has 0 saturated carbocycles. The number of aryl methyl sites for hydroxylation is 2. The van der Waals surface area contributed by atoms with E-state index in [0.29, 0.717) is 13.0 Å². The van der Waals surface area contributed by atoms with Gasteiger partial charge in [-0.15, -0.1) is 0 Å². The number of hydrogen-bond donors (Lipinski definition) is 1. The van der Waals surface area contributed by atoms with Gasteiger partial charge in [0.05, 0.1) is 0 Å². The molecule has 0 aromatic heterocycles. The number of carbonyl (C=O) groups is 2. The zero-order valence-corrected chi connectivity index (χ0v) is 12.2. The van der Waals surface area contributed by atoms with Crippen LogP contribution < -0.4 is 5.32 Å². The Bertz CT molecular complexity index is 494. The first-order valence-electron chi connectivity index (χ1n) is 7.62. The number of benzene rings is 1. The van der Waals surface area contributed by atoms with Gasteiger partial charge < -0.3 is 5.32 Å². The van der Waals surface area contributed by atoms with Gasteiger partial charge in [0.1, 0.15) is 0 Å². The van der Waals surface area contributed by atoms with Crippen molar-refractivity contribution in [3.8, 4) is 0 Å². The van der Waals surface area contributed by atoms with Crippen molar-refractivity contribution in [2.75, 3.05) is 6.54 Å². The van der Waals surface area contributed by atoms with Crippen LogP contribution in [0.3, 0.4) is 0 Å². The predicted octanol–water partition coefficient (Wildman–Crippen LogP) is 3.05. The molecule has 0 atom stereocenters. The fourth-order valence-corrected chi connectivity index (χ4v) is 2.63. The molecule has 0 spiro atoms. The molecule has 0 radical (unpaired) electrons. The van der Waals surface area contributed by atoms with Crippen LogP contribution in [0.5, 0.6) is 0 Å². The molecule has 0 saturated heterocycles. The average Bonchev–Trinajstić information content (AvgIpc) is 2.50. The molecule has 3 heteroatoms. The van der Waals surface area contributed by atoms with Crippen LogP contribution >= 0.6 is 0 Å². The molecule has 0 heterocycles. The molecule has 1 amide bonds. The van der Waals surface area contributed by atoms with Crippen molar-refractivity contribution in [3.63, 3.8) is 0 Å². The van der Waals surface area contributed by atoms with E-state index in [-0.39, 0.29) is 18.1 Å². The summed E-state index contributed by atoms with van der Waals surface area (Å²) in [4.78, 5) is 23.6. The third kappa shape index (κ3) is 3.92. The van der Waals surface area contributed by atoms with Crippen LogP contribution in [0.25, 0.3) is 0 Å². The molecular formula is C17H23NO2. The molecule has 0 aliphatic heterocycles. The Morgan fingerprint density at radius 2 is 1.85 bits per heavy atom. The fourth-order valence-electron chi connectivity index (χ4n) is 2.63. The molecule has 0 bridgehead atoms. The van der Waals surface area contributed by atoms with Crippen LogP contribution in [0.15, 0.2) is 18.2 Å². The molecule has 1 aromatic rings. The van der Waals surface area contributed by atoms with Crippen LogP contribution in [-0.4, -0.2) is 18.2 Å². The SMILES string of the molecule is CCCNC(=O)CCC(=O)c1ccc2c(c1)CCCC2. The first-order chi connectivity index (χ1) is 9.70. The quantitative estimate of drug-likeness (QED) is 0.810. The van der Waals surface area contributed by atoms with Crippen LogP contribution in [0.1, 0.15) is 60.5 Å². The topological polar surface area (TPSA) is 46.2 Å². The van der Waals surface area contributed by atoms with E-state index in [2.05, 4.69) is 11.4 Å². The minimum Gasteiger partial charge on any atom is -0.356 e. The molecule has 0 fully saturated rings. The van der Waals surface area contributed by atoms with Crippen molar-refractivity contribution in [1.29, 1.82) is 0 Å². The van der Waals surface area contributed by atoms with Gasteiger partial charge in [0, 0.05) is 24.9 Å². The second-order valence-electron chi connectivity index (χ2n) is 5.46. The van der Waals surface area contributed by atoms with Gasteiger partial charge in [0.25, 0.3) is 0 Å². The third-order valence-electron chi connectivity index (χ3n) is 3.82. The van der Waals surface area contributed by atoms with E-state index in [1.165, 1.54) is 24.0 Å². The number of hydrogen-bond acceptors (Lipinski definition) is 2. The number of Topliss-reactive ketones (excluding diaryl/α,β-unsaturated/α-hetero) is 1. The maximum atomic E-state index is 12.1. The van der Waals surface area contributed by atoms with E-state index >= 15 is 0 Å². The first kappa shape index (κ1) is 14.8. The lowest BCUT2D eigenvalue weighted by molar-refractivity contribution is -0.121. The number of carbonyl (C=O) groups excluding carboxylic acids is 2. The lowest BCUT2D eigenvalue weighted by Gasteiger charge is -2.16. The Balaban J connectivity index is 1.91. The summed E-state index contributed by atoms with van der Waals surface area (Å²) in [5, 5.41) is 2.80. The molecule has 1 aliphatic rings. The lowest BCUT2D eigenvalue weighted by Crippen LogP contribution is -2.24. The summed E-state index contributed by atoms with van der Waals surface area (Å²) in [7, 11) is 0. The van der Waals surface area contributed by atoms with Gasteiger partial charge in [-0.05, 0) is 49.3 Å². The second kappa shape index (κ2) is 7.22. The summed E-state index contributed by atoms with van der Waals surface area (Å²) in [6.07, 6.45) is 6.17. The number of amides is 1. The molecular weight excluding hydrogens is 250 g/mol. The second-order valence-corrected chi connectivity index (χ2v) is 5.46. The average molecular weight is 273 g/mol. The third-order valence-corrected chi connectivity index (χ3v) is 3.82. The van der Waals surface area contributed by atoms with E-state index < -0.39 is 0 Å². The molecule has 1 N–H and O–H groups in total. The van der Waals surface area contributed by atoms with Crippen molar-refractivity contribution in [3.05, 3.63) is 34.9 Å². The summed E-state index contributed by atoms with van der Waals surface area (Å²) < 4.78 is 0. The largest absolute Gasteiger partial charge is 0.356 e. The number of ketones is 1. The molecule has 108 valence electrons. The van der Waals surface area contributed by atoms with Gasteiger partial charge in [0.15, 0.2) is 5.78 Å². The monoisotopic (exact) mass is 273 g/mol. The van der Waals surface area contributed by atoms with Gasteiger partial charge in [0.2, 0.25) is 5.91 Å². The lowest BCUT2D eigenvalue weighted by atomic mass is 9.89.